The molecule has 3 rings (SSSR count). The Morgan fingerprint density at radius 2 is 2.19 bits per heavy atom. The monoisotopic (exact) mass is 292 g/mol. The Kier molecular flexibility index (Phi) is 4.31. The van der Waals surface area contributed by atoms with Gasteiger partial charge in [0.1, 0.15) is 12.4 Å². The molecule has 116 valence electrons. The number of rotatable bonds is 4. The summed E-state index contributed by atoms with van der Waals surface area (Å²) in [5.41, 5.74) is 0. The summed E-state index contributed by atoms with van der Waals surface area (Å²) in [7, 11) is 1.61. The quantitative estimate of drug-likeness (QED) is 0.853. The molecule has 1 amide bonds. The minimum Gasteiger partial charge on any atom is -0.453 e. The molecule has 0 saturated carbocycles. The molecular formula is C16H24N2O3. The molecule has 0 aliphatic carbocycles. The molecule has 2 aliphatic heterocycles. The molecule has 1 aromatic rings. The summed E-state index contributed by atoms with van der Waals surface area (Å²) in [6, 6.07) is 4.73. The fourth-order valence-electron chi connectivity index (χ4n) is 3.36. The van der Waals surface area contributed by atoms with Gasteiger partial charge in [-0.25, -0.2) is 0 Å². The van der Waals surface area contributed by atoms with E-state index in [9.17, 15) is 4.79 Å². The molecular weight excluding hydrogens is 268 g/mol. The zero-order chi connectivity index (χ0) is 14.8. The highest BCUT2D eigenvalue weighted by molar-refractivity contribution is 5.92. The van der Waals surface area contributed by atoms with Gasteiger partial charge in [0, 0.05) is 32.3 Å². The molecule has 1 aromatic heterocycles. The molecule has 1 atom stereocenters. The highest BCUT2D eigenvalue weighted by Crippen LogP contribution is 2.25. The third kappa shape index (κ3) is 2.99. The standard InChI is InChI=1S/C16H24N2O3/c1-12-5-3-4-8-18(12)13-9-17(10-13)16(19)15-7-6-14(21-15)11-20-2/h6-7,12-13H,3-5,8-11H2,1-2H3. The fraction of sp³-hybridized carbons (Fsp3) is 0.688. The number of nitrogens with zero attached hydrogens (tertiary/aromatic N) is 2. The number of carbonyl (C=O) groups is 1. The van der Waals surface area contributed by atoms with Gasteiger partial charge >= 0.3 is 0 Å². The smallest absolute Gasteiger partial charge is 0.289 e. The number of hydrogen-bond donors (Lipinski definition) is 0. The largest absolute Gasteiger partial charge is 0.453 e. The topological polar surface area (TPSA) is 45.9 Å². The van der Waals surface area contributed by atoms with Gasteiger partial charge in [-0.15, -0.1) is 0 Å². The molecule has 0 N–H and O–H groups in total. The predicted molar refractivity (Wildman–Crippen MR) is 79.1 cm³/mol. The summed E-state index contributed by atoms with van der Waals surface area (Å²) < 4.78 is 10.5. The number of carbonyl (C=O) groups excluding carboxylic acids is 1. The van der Waals surface area contributed by atoms with Crippen LogP contribution in [0.3, 0.4) is 0 Å². The summed E-state index contributed by atoms with van der Waals surface area (Å²) in [6.07, 6.45) is 3.90. The number of amides is 1. The van der Waals surface area contributed by atoms with Gasteiger partial charge in [-0.3, -0.25) is 9.69 Å². The van der Waals surface area contributed by atoms with Crippen LogP contribution in [0, 0.1) is 0 Å². The normalized spacial score (nSPS) is 24.1. The molecule has 21 heavy (non-hydrogen) atoms. The lowest BCUT2D eigenvalue weighted by Gasteiger charge is -2.48. The van der Waals surface area contributed by atoms with Crippen LogP contribution in [0.4, 0.5) is 0 Å². The Bertz CT molecular complexity index is 493. The van der Waals surface area contributed by atoms with Crippen LogP contribution in [0.15, 0.2) is 16.5 Å². The maximum Gasteiger partial charge on any atom is 0.289 e. The van der Waals surface area contributed by atoms with Crippen molar-refractivity contribution < 1.29 is 13.9 Å². The third-order valence-electron chi connectivity index (χ3n) is 4.63. The van der Waals surface area contributed by atoms with Crippen molar-refractivity contribution in [1.82, 2.24) is 9.80 Å². The van der Waals surface area contributed by atoms with E-state index < -0.39 is 0 Å². The zero-order valence-electron chi connectivity index (χ0n) is 12.9. The first-order valence-electron chi connectivity index (χ1n) is 7.81. The highest BCUT2D eigenvalue weighted by atomic mass is 16.5. The second-order valence-corrected chi connectivity index (χ2v) is 6.15. The zero-order valence-corrected chi connectivity index (χ0v) is 12.9. The second kappa shape index (κ2) is 6.20. The van der Waals surface area contributed by atoms with Crippen LogP contribution in [0.2, 0.25) is 0 Å². The van der Waals surface area contributed by atoms with E-state index in [0.29, 0.717) is 30.2 Å². The van der Waals surface area contributed by atoms with E-state index in [1.165, 1.54) is 25.8 Å². The number of piperidine rings is 1. The van der Waals surface area contributed by atoms with Crippen molar-refractivity contribution in [2.45, 2.75) is 44.9 Å². The third-order valence-corrected chi connectivity index (χ3v) is 4.63. The average Bonchev–Trinajstić information content (AvgIpc) is 2.88. The van der Waals surface area contributed by atoms with Gasteiger partial charge < -0.3 is 14.1 Å². The van der Waals surface area contributed by atoms with Crippen LogP contribution in [0.5, 0.6) is 0 Å². The van der Waals surface area contributed by atoms with Crippen LogP contribution in [0.1, 0.15) is 42.5 Å². The number of likely N-dealkylation sites (tertiary alicyclic amines) is 2. The SMILES string of the molecule is COCc1ccc(C(=O)N2CC(N3CCCCC3C)C2)o1. The Morgan fingerprint density at radius 3 is 2.90 bits per heavy atom. The van der Waals surface area contributed by atoms with E-state index in [2.05, 4.69) is 11.8 Å². The van der Waals surface area contributed by atoms with E-state index in [4.69, 9.17) is 9.15 Å². The summed E-state index contributed by atoms with van der Waals surface area (Å²) in [6.45, 7) is 5.52. The van der Waals surface area contributed by atoms with E-state index in [1.807, 2.05) is 4.90 Å². The Labute approximate surface area is 125 Å². The van der Waals surface area contributed by atoms with Crippen molar-refractivity contribution in [3.05, 3.63) is 23.7 Å². The summed E-state index contributed by atoms with van der Waals surface area (Å²) in [5.74, 6) is 1.12. The van der Waals surface area contributed by atoms with Gasteiger partial charge in [-0.1, -0.05) is 6.42 Å². The molecule has 0 radical (unpaired) electrons. The van der Waals surface area contributed by atoms with E-state index >= 15 is 0 Å². The number of furan rings is 1. The van der Waals surface area contributed by atoms with Crippen molar-refractivity contribution in [3.8, 4) is 0 Å². The Morgan fingerprint density at radius 1 is 1.38 bits per heavy atom. The van der Waals surface area contributed by atoms with E-state index in [1.54, 1.807) is 19.2 Å². The molecule has 2 saturated heterocycles. The van der Waals surface area contributed by atoms with Crippen LogP contribution >= 0.6 is 0 Å². The van der Waals surface area contributed by atoms with Crippen molar-refractivity contribution in [2.24, 2.45) is 0 Å². The molecule has 2 aliphatic rings. The van der Waals surface area contributed by atoms with Crippen LogP contribution in [-0.4, -0.2) is 54.5 Å². The van der Waals surface area contributed by atoms with Gasteiger partial charge in [-0.2, -0.15) is 0 Å². The first kappa shape index (κ1) is 14.6. The molecule has 5 nitrogen and oxygen atoms in total. The lowest BCUT2D eigenvalue weighted by Crippen LogP contribution is -2.63. The summed E-state index contributed by atoms with van der Waals surface area (Å²) in [4.78, 5) is 16.8. The van der Waals surface area contributed by atoms with Crippen molar-refractivity contribution >= 4 is 5.91 Å². The van der Waals surface area contributed by atoms with Crippen molar-refractivity contribution in [3.63, 3.8) is 0 Å². The molecule has 0 bridgehead atoms. The van der Waals surface area contributed by atoms with Crippen LogP contribution in [0.25, 0.3) is 0 Å². The first-order valence-corrected chi connectivity index (χ1v) is 7.81. The lowest BCUT2D eigenvalue weighted by molar-refractivity contribution is 0.000332. The number of hydrogen-bond acceptors (Lipinski definition) is 4. The first-order chi connectivity index (χ1) is 10.2. The molecule has 0 spiro atoms. The summed E-state index contributed by atoms with van der Waals surface area (Å²) in [5, 5.41) is 0. The van der Waals surface area contributed by atoms with Gasteiger partial charge in [0.15, 0.2) is 5.76 Å². The predicted octanol–water partition coefficient (Wildman–Crippen LogP) is 2.12. The van der Waals surface area contributed by atoms with Gasteiger partial charge in [-0.05, 0) is 38.4 Å². The van der Waals surface area contributed by atoms with Gasteiger partial charge in [0.25, 0.3) is 5.91 Å². The Balaban J connectivity index is 1.54. The van der Waals surface area contributed by atoms with Crippen molar-refractivity contribution in [1.29, 1.82) is 0 Å². The lowest BCUT2D eigenvalue weighted by atomic mass is 9.97. The van der Waals surface area contributed by atoms with E-state index in [0.717, 1.165) is 13.1 Å². The number of methoxy groups -OCH3 is 1. The molecule has 2 fully saturated rings. The number of ether oxygens (including phenoxy) is 1. The van der Waals surface area contributed by atoms with Crippen LogP contribution in [-0.2, 0) is 11.3 Å². The maximum absolute atomic E-state index is 12.3. The minimum atomic E-state index is -0.00161. The van der Waals surface area contributed by atoms with Gasteiger partial charge in [0.2, 0.25) is 0 Å². The molecule has 0 aromatic carbocycles. The Hall–Kier alpha value is -1.33. The average molecular weight is 292 g/mol. The molecule has 1 unspecified atom stereocenters. The van der Waals surface area contributed by atoms with E-state index in [-0.39, 0.29) is 5.91 Å². The van der Waals surface area contributed by atoms with Gasteiger partial charge in [0.05, 0.1) is 0 Å². The highest BCUT2D eigenvalue weighted by Gasteiger charge is 2.38. The van der Waals surface area contributed by atoms with Crippen molar-refractivity contribution in [2.75, 3.05) is 26.7 Å². The molecule has 5 heteroatoms. The minimum absolute atomic E-state index is 0.00161. The molecule has 3 heterocycles. The second-order valence-electron chi connectivity index (χ2n) is 6.15. The maximum atomic E-state index is 12.3. The van der Waals surface area contributed by atoms with Crippen LogP contribution < -0.4 is 0 Å². The fourth-order valence-corrected chi connectivity index (χ4v) is 3.36. The summed E-state index contributed by atoms with van der Waals surface area (Å²) >= 11 is 0.